The van der Waals surface area contributed by atoms with Gasteiger partial charge in [-0.25, -0.2) is 0 Å². The summed E-state index contributed by atoms with van der Waals surface area (Å²) in [7, 11) is 0. The third-order valence-corrected chi connectivity index (χ3v) is 5.31. The molecule has 1 aliphatic heterocycles. The van der Waals surface area contributed by atoms with Crippen molar-refractivity contribution < 1.29 is 9.21 Å². The van der Waals surface area contributed by atoms with Gasteiger partial charge in [0.05, 0.1) is 17.3 Å². The van der Waals surface area contributed by atoms with Gasteiger partial charge in [0.15, 0.2) is 17.0 Å². The van der Waals surface area contributed by atoms with Crippen LogP contribution < -0.4 is 5.43 Å². The highest BCUT2D eigenvalue weighted by Crippen LogP contribution is 2.42. The van der Waals surface area contributed by atoms with Gasteiger partial charge in [-0.1, -0.05) is 48.5 Å². The minimum atomic E-state index is -0.270. The Hall–Kier alpha value is -3.40. The van der Waals surface area contributed by atoms with E-state index in [-0.39, 0.29) is 22.8 Å². The second kappa shape index (κ2) is 5.81. The molecule has 2 aromatic heterocycles. The molecule has 1 unspecified atom stereocenters. The van der Waals surface area contributed by atoms with Crippen LogP contribution in [-0.2, 0) is 6.42 Å². The maximum atomic E-state index is 12.5. The second-order valence-corrected chi connectivity index (χ2v) is 6.94. The van der Waals surface area contributed by atoms with Crippen molar-refractivity contribution in [1.29, 1.82) is 0 Å². The third kappa shape index (κ3) is 2.37. The number of Topliss-reactive ketones (excluding diaryl/α,β-unsaturated/α-hetero) is 1. The van der Waals surface area contributed by atoms with E-state index in [0.29, 0.717) is 0 Å². The van der Waals surface area contributed by atoms with Crippen molar-refractivity contribution in [2.75, 3.05) is 0 Å². The molecule has 0 bridgehead atoms. The number of para-hydroxylation sites is 1. The molecule has 1 aliphatic rings. The zero-order chi connectivity index (χ0) is 18.5. The Morgan fingerprint density at radius 1 is 1.07 bits per heavy atom. The maximum absolute atomic E-state index is 12.5. The highest BCUT2D eigenvalue weighted by atomic mass is 16.3. The van der Waals surface area contributed by atoms with E-state index in [4.69, 9.17) is 4.42 Å². The average molecular weight is 355 g/mol. The predicted molar refractivity (Wildman–Crippen MR) is 104 cm³/mol. The smallest absolute Gasteiger partial charge is 0.193 e. The molecule has 132 valence electrons. The fourth-order valence-electron chi connectivity index (χ4n) is 4.01. The van der Waals surface area contributed by atoms with E-state index in [2.05, 4.69) is 18.2 Å². The highest BCUT2D eigenvalue weighted by molar-refractivity contribution is 5.94. The first-order valence-electron chi connectivity index (χ1n) is 8.96. The average Bonchev–Trinajstić information content (AvgIpc) is 3.06. The number of furan rings is 1. The van der Waals surface area contributed by atoms with E-state index in [1.807, 2.05) is 41.0 Å². The number of hydrogen-bond acceptors (Lipinski definition) is 3. The van der Waals surface area contributed by atoms with Crippen LogP contribution in [-0.4, -0.2) is 10.4 Å². The Labute approximate surface area is 155 Å². The van der Waals surface area contributed by atoms with Crippen LogP contribution in [0.5, 0.6) is 0 Å². The minimum absolute atomic E-state index is 0.00611. The molecule has 4 heteroatoms. The molecule has 3 heterocycles. The number of pyridine rings is 1. The van der Waals surface area contributed by atoms with Gasteiger partial charge in [0.25, 0.3) is 0 Å². The summed E-state index contributed by atoms with van der Waals surface area (Å²) in [4.78, 5) is 24.5. The summed E-state index contributed by atoms with van der Waals surface area (Å²) in [5.74, 6) is 0.494. The zero-order valence-corrected chi connectivity index (χ0v) is 14.8. The predicted octanol–water partition coefficient (Wildman–Crippen LogP) is 4.61. The molecule has 0 aliphatic carbocycles. The molecule has 0 spiro atoms. The second-order valence-electron chi connectivity index (χ2n) is 6.94. The number of hydrogen-bond donors (Lipinski definition) is 0. The number of carbonyl (C=O) groups is 1. The lowest BCUT2D eigenvalue weighted by molar-refractivity contribution is 0.101. The maximum Gasteiger partial charge on any atom is 0.193 e. The Morgan fingerprint density at radius 3 is 2.59 bits per heavy atom. The number of benzene rings is 2. The van der Waals surface area contributed by atoms with Gasteiger partial charge in [-0.05, 0) is 18.6 Å². The third-order valence-electron chi connectivity index (χ3n) is 5.31. The van der Waals surface area contributed by atoms with Crippen LogP contribution in [0.15, 0.2) is 76.1 Å². The van der Waals surface area contributed by atoms with Crippen molar-refractivity contribution in [2.45, 2.75) is 19.4 Å². The summed E-state index contributed by atoms with van der Waals surface area (Å²) in [5.41, 5.74) is 3.71. The molecule has 0 radical (unpaired) electrons. The first-order chi connectivity index (χ1) is 13.1. The zero-order valence-electron chi connectivity index (χ0n) is 14.8. The summed E-state index contributed by atoms with van der Waals surface area (Å²) in [5, 5.41) is 1.07. The molecule has 5 rings (SSSR count). The van der Waals surface area contributed by atoms with Crippen molar-refractivity contribution in [3.63, 3.8) is 0 Å². The normalized spacial score (nSPS) is 15.4. The van der Waals surface area contributed by atoms with Crippen molar-refractivity contribution >= 4 is 16.8 Å². The van der Waals surface area contributed by atoms with Gasteiger partial charge in [-0.2, -0.15) is 0 Å². The van der Waals surface area contributed by atoms with E-state index >= 15 is 0 Å². The van der Waals surface area contributed by atoms with Gasteiger partial charge in [-0.3, -0.25) is 9.59 Å². The monoisotopic (exact) mass is 355 g/mol. The van der Waals surface area contributed by atoms with Crippen LogP contribution in [0.4, 0.5) is 0 Å². The lowest BCUT2D eigenvalue weighted by atomic mass is 9.91. The van der Waals surface area contributed by atoms with Gasteiger partial charge in [0.2, 0.25) is 0 Å². The van der Waals surface area contributed by atoms with E-state index in [0.717, 1.165) is 40.0 Å². The Morgan fingerprint density at radius 2 is 1.81 bits per heavy atom. The number of ketones is 1. The summed E-state index contributed by atoms with van der Waals surface area (Å²) >= 11 is 0. The summed E-state index contributed by atoms with van der Waals surface area (Å²) in [6.07, 6.45) is 2.43. The molecule has 0 fully saturated rings. The summed E-state index contributed by atoms with van der Waals surface area (Å²) < 4.78 is 8.12. The van der Waals surface area contributed by atoms with Gasteiger partial charge in [-0.15, -0.1) is 0 Å². The van der Waals surface area contributed by atoms with E-state index in [1.165, 1.54) is 13.0 Å². The standard InChI is InChI=1S/C23H17NO3/c1-14(25)18-13-24-19(15-7-3-2-4-8-15)11-17-16-9-5-6-10-22(16)27-23(17)20(24)12-21(18)26/h2-10,12-13,19H,11H2,1H3. The minimum Gasteiger partial charge on any atom is -0.454 e. The molecule has 4 nitrogen and oxygen atoms in total. The van der Waals surface area contributed by atoms with Crippen molar-refractivity contribution in [1.82, 2.24) is 4.57 Å². The highest BCUT2D eigenvalue weighted by Gasteiger charge is 2.30. The molecule has 4 aromatic rings. The number of carbonyl (C=O) groups excluding carboxylic acids is 1. The molecular weight excluding hydrogens is 338 g/mol. The van der Waals surface area contributed by atoms with E-state index in [1.54, 1.807) is 6.20 Å². The van der Waals surface area contributed by atoms with Crippen LogP contribution in [0, 0.1) is 0 Å². The Balaban J connectivity index is 1.84. The summed E-state index contributed by atoms with van der Waals surface area (Å²) in [6, 6.07) is 19.6. The number of aromatic nitrogens is 1. The van der Waals surface area contributed by atoms with Crippen molar-refractivity contribution in [3.05, 3.63) is 93.8 Å². The lowest BCUT2D eigenvalue weighted by Crippen LogP contribution is -2.25. The van der Waals surface area contributed by atoms with Gasteiger partial charge < -0.3 is 8.98 Å². The van der Waals surface area contributed by atoms with Gasteiger partial charge in [0, 0.05) is 29.6 Å². The molecular formula is C23H17NO3. The SMILES string of the molecule is CC(=O)c1cn2c(cc1=O)-c1oc3ccccc3c1CC2c1ccccc1. The Kier molecular flexibility index (Phi) is 3.41. The van der Waals surface area contributed by atoms with Crippen LogP contribution >= 0.6 is 0 Å². The molecule has 0 saturated heterocycles. The van der Waals surface area contributed by atoms with Crippen LogP contribution in [0.25, 0.3) is 22.4 Å². The fraction of sp³-hybridized carbons (Fsp3) is 0.130. The topological polar surface area (TPSA) is 52.2 Å². The molecule has 27 heavy (non-hydrogen) atoms. The molecule has 0 amide bonds. The summed E-state index contributed by atoms with van der Waals surface area (Å²) in [6.45, 7) is 1.43. The van der Waals surface area contributed by atoms with Gasteiger partial charge >= 0.3 is 0 Å². The van der Waals surface area contributed by atoms with Gasteiger partial charge in [0.1, 0.15) is 5.58 Å². The van der Waals surface area contributed by atoms with E-state index in [9.17, 15) is 9.59 Å². The quantitative estimate of drug-likeness (QED) is 0.494. The number of nitrogens with zero attached hydrogens (tertiary/aromatic N) is 1. The van der Waals surface area contributed by atoms with Crippen LogP contribution in [0.2, 0.25) is 0 Å². The largest absolute Gasteiger partial charge is 0.454 e. The molecule has 0 saturated carbocycles. The van der Waals surface area contributed by atoms with E-state index < -0.39 is 0 Å². The first kappa shape index (κ1) is 15.8. The molecule has 0 N–H and O–H groups in total. The Bertz CT molecular complexity index is 1250. The van der Waals surface area contributed by atoms with Crippen molar-refractivity contribution in [3.8, 4) is 11.5 Å². The number of rotatable bonds is 2. The fourth-order valence-corrected chi connectivity index (χ4v) is 4.01. The lowest BCUT2D eigenvalue weighted by Gasteiger charge is -2.29. The number of fused-ring (bicyclic) bond motifs is 5. The van der Waals surface area contributed by atoms with Crippen LogP contribution in [0.1, 0.15) is 34.5 Å². The molecule has 2 aromatic carbocycles. The molecule has 1 atom stereocenters. The van der Waals surface area contributed by atoms with Crippen LogP contribution in [0.3, 0.4) is 0 Å². The first-order valence-corrected chi connectivity index (χ1v) is 8.96. The van der Waals surface area contributed by atoms with Crippen molar-refractivity contribution in [2.24, 2.45) is 0 Å².